The van der Waals surface area contributed by atoms with Gasteiger partial charge in [0.05, 0.1) is 12.1 Å². The Bertz CT molecular complexity index is 1060. The molecule has 1 amide bonds. The van der Waals surface area contributed by atoms with Gasteiger partial charge in [-0.3, -0.25) is 14.3 Å². The van der Waals surface area contributed by atoms with Gasteiger partial charge in [0.15, 0.2) is 11.6 Å². The van der Waals surface area contributed by atoms with Crippen molar-refractivity contribution in [2.75, 3.05) is 18.0 Å². The number of nitrogens with one attached hydrogen (secondary N) is 1. The number of anilines is 1. The van der Waals surface area contributed by atoms with Gasteiger partial charge in [0.2, 0.25) is 11.8 Å². The Morgan fingerprint density at radius 3 is 2.67 bits per heavy atom. The van der Waals surface area contributed by atoms with Crippen LogP contribution in [0.2, 0.25) is 0 Å². The van der Waals surface area contributed by atoms with Gasteiger partial charge in [0.1, 0.15) is 12.4 Å². The monoisotopic (exact) mass is 416 g/mol. The number of rotatable bonds is 4. The molecule has 0 radical (unpaired) electrons. The van der Waals surface area contributed by atoms with Crippen LogP contribution in [0.25, 0.3) is 0 Å². The Kier molecular flexibility index (Phi) is 4.57. The van der Waals surface area contributed by atoms with Gasteiger partial charge in [-0.25, -0.2) is 13.6 Å². The number of piperidine rings is 1. The van der Waals surface area contributed by atoms with Crippen LogP contribution in [-0.4, -0.2) is 34.1 Å². The molecule has 1 N–H and O–H groups in total. The fraction of sp³-hybridized carbons (Fsp3) is 0.476. The lowest BCUT2D eigenvalue weighted by Gasteiger charge is -2.40. The first-order valence-corrected chi connectivity index (χ1v) is 10.2. The molecule has 3 aliphatic rings. The molecule has 30 heavy (non-hydrogen) atoms. The molecular formula is C21H22F2N4O3. The normalized spacial score (nSPS) is 19.7. The van der Waals surface area contributed by atoms with Crippen molar-refractivity contribution in [1.82, 2.24) is 14.9 Å². The van der Waals surface area contributed by atoms with Crippen LogP contribution in [0.5, 0.6) is 5.88 Å². The summed E-state index contributed by atoms with van der Waals surface area (Å²) in [5.74, 6) is -1.26. The molecule has 0 bridgehead atoms. The topological polar surface area (TPSA) is 76.5 Å². The van der Waals surface area contributed by atoms with Gasteiger partial charge in [-0.05, 0) is 56.5 Å². The minimum atomic E-state index is -0.966. The number of aromatic nitrogens is 2. The zero-order valence-electron chi connectivity index (χ0n) is 16.4. The van der Waals surface area contributed by atoms with Crippen LogP contribution < -0.4 is 20.6 Å². The third kappa shape index (κ3) is 3.27. The molecule has 1 saturated heterocycles. The van der Waals surface area contributed by atoms with Crippen molar-refractivity contribution < 1.29 is 18.3 Å². The van der Waals surface area contributed by atoms with Gasteiger partial charge in [-0.2, -0.15) is 4.98 Å². The lowest BCUT2D eigenvalue weighted by molar-refractivity contribution is -0.121. The Morgan fingerprint density at radius 1 is 1.20 bits per heavy atom. The quantitative estimate of drug-likeness (QED) is 0.825. The average Bonchev–Trinajstić information content (AvgIpc) is 3.53. The Balaban J connectivity index is 1.46. The van der Waals surface area contributed by atoms with Crippen molar-refractivity contribution in [3.05, 3.63) is 51.9 Å². The second-order valence-corrected chi connectivity index (χ2v) is 8.28. The highest BCUT2D eigenvalue weighted by Gasteiger charge is 2.51. The van der Waals surface area contributed by atoms with Crippen LogP contribution in [0, 0.1) is 17.6 Å². The first-order valence-electron chi connectivity index (χ1n) is 10.2. The van der Waals surface area contributed by atoms with Crippen molar-refractivity contribution in [3.63, 3.8) is 0 Å². The number of hydrogen-bond acceptors (Lipinski definition) is 5. The standard InChI is InChI=1S/C21H22F2N4O3/c22-15-4-1-13(9-16(15)23)11-30-17-10-18-26(20(29)25-17)12-21(5-7-24-8-6-21)27(18)19(28)14-2-3-14/h1,4,9-10,14,24H,2-3,5-8,11-12H2. The minimum Gasteiger partial charge on any atom is -0.473 e. The highest BCUT2D eigenvalue weighted by atomic mass is 19.2. The van der Waals surface area contributed by atoms with Gasteiger partial charge in [-0.1, -0.05) is 6.07 Å². The third-order valence-electron chi connectivity index (χ3n) is 6.17. The SMILES string of the molecule is O=C(C1CC1)N1c2cc(OCc3ccc(F)c(F)c3)nc(=O)n2CC12CCNCC2. The number of ether oxygens (including phenoxy) is 1. The van der Waals surface area contributed by atoms with Gasteiger partial charge in [0.25, 0.3) is 0 Å². The largest absolute Gasteiger partial charge is 0.473 e. The van der Waals surface area contributed by atoms with Gasteiger partial charge < -0.3 is 10.1 Å². The summed E-state index contributed by atoms with van der Waals surface area (Å²) in [5, 5.41) is 3.32. The number of nitrogens with zero attached hydrogens (tertiary/aromatic N) is 3. The lowest BCUT2D eigenvalue weighted by atomic mass is 9.87. The molecule has 2 aliphatic heterocycles. The zero-order chi connectivity index (χ0) is 20.9. The van der Waals surface area contributed by atoms with Crippen LogP contribution in [-0.2, 0) is 17.9 Å². The van der Waals surface area contributed by atoms with Crippen molar-refractivity contribution in [3.8, 4) is 5.88 Å². The number of halogens is 2. The van der Waals surface area contributed by atoms with E-state index in [1.54, 1.807) is 15.5 Å². The lowest BCUT2D eigenvalue weighted by Crippen LogP contribution is -2.56. The molecular weight excluding hydrogens is 394 g/mol. The third-order valence-corrected chi connectivity index (χ3v) is 6.17. The molecule has 5 rings (SSSR count). The van der Waals surface area contributed by atoms with E-state index in [0.717, 1.165) is 50.9 Å². The summed E-state index contributed by atoms with van der Waals surface area (Å²) >= 11 is 0. The molecule has 1 saturated carbocycles. The maximum absolute atomic E-state index is 13.4. The van der Waals surface area contributed by atoms with E-state index in [0.29, 0.717) is 17.9 Å². The molecule has 2 fully saturated rings. The average molecular weight is 416 g/mol. The predicted octanol–water partition coefficient (Wildman–Crippen LogP) is 1.98. The van der Waals surface area contributed by atoms with Crippen LogP contribution in [0.3, 0.4) is 0 Å². The fourth-order valence-corrected chi connectivity index (χ4v) is 4.41. The molecule has 1 spiro atoms. The molecule has 3 heterocycles. The zero-order valence-corrected chi connectivity index (χ0v) is 16.4. The molecule has 0 unspecified atom stereocenters. The number of benzene rings is 1. The van der Waals surface area contributed by atoms with Crippen molar-refractivity contribution >= 4 is 11.7 Å². The van der Waals surface area contributed by atoms with E-state index in [9.17, 15) is 18.4 Å². The van der Waals surface area contributed by atoms with E-state index >= 15 is 0 Å². The number of amides is 1. The smallest absolute Gasteiger partial charge is 0.352 e. The summed E-state index contributed by atoms with van der Waals surface area (Å²) in [6, 6.07) is 5.09. The highest BCUT2D eigenvalue weighted by molar-refractivity contribution is 5.98. The van der Waals surface area contributed by atoms with Crippen molar-refractivity contribution in [2.45, 2.75) is 44.4 Å². The van der Waals surface area contributed by atoms with E-state index in [1.807, 2.05) is 0 Å². The molecule has 1 aromatic heterocycles. The van der Waals surface area contributed by atoms with E-state index < -0.39 is 22.9 Å². The number of carbonyl (C=O) groups is 1. The molecule has 1 aliphatic carbocycles. The Hall–Kier alpha value is -2.81. The highest BCUT2D eigenvalue weighted by Crippen LogP contribution is 2.43. The predicted molar refractivity (Wildman–Crippen MR) is 104 cm³/mol. The van der Waals surface area contributed by atoms with E-state index in [2.05, 4.69) is 10.3 Å². The van der Waals surface area contributed by atoms with Crippen molar-refractivity contribution in [2.24, 2.45) is 5.92 Å². The van der Waals surface area contributed by atoms with Crippen molar-refractivity contribution in [1.29, 1.82) is 0 Å². The summed E-state index contributed by atoms with van der Waals surface area (Å²) in [5.41, 5.74) is -0.480. The van der Waals surface area contributed by atoms with E-state index in [4.69, 9.17) is 4.74 Å². The second kappa shape index (κ2) is 7.16. The molecule has 7 nitrogen and oxygen atoms in total. The summed E-state index contributed by atoms with van der Waals surface area (Å²) < 4.78 is 33.7. The van der Waals surface area contributed by atoms with Crippen LogP contribution in [0.15, 0.2) is 29.1 Å². The summed E-state index contributed by atoms with van der Waals surface area (Å²) in [6.45, 7) is 1.92. The molecule has 0 atom stereocenters. The maximum Gasteiger partial charge on any atom is 0.352 e. The van der Waals surface area contributed by atoms with E-state index in [1.165, 1.54) is 6.07 Å². The maximum atomic E-state index is 13.4. The Labute approximate surface area is 171 Å². The minimum absolute atomic E-state index is 0.0122. The Morgan fingerprint density at radius 2 is 1.97 bits per heavy atom. The molecule has 9 heteroatoms. The van der Waals surface area contributed by atoms with Gasteiger partial charge in [-0.15, -0.1) is 0 Å². The van der Waals surface area contributed by atoms with Gasteiger partial charge >= 0.3 is 5.69 Å². The molecule has 2 aromatic rings. The van der Waals surface area contributed by atoms with Crippen LogP contribution in [0.1, 0.15) is 31.2 Å². The summed E-state index contributed by atoms with van der Waals surface area (Å²) in [6.07, 6.45) is 3.27. The van der Waals surface area contributed by atoms with Gasteiger partial charge in [0, 0.05) is 12.0 Å². The molecule has 158 valence electrons. The van der Waals surface area contributed by atoms with E-state index in [-0.39, 0.29) is 24.3 Å². The second-order valence-electron chi connectivity index (χ2n) is 8.28. The number of carbonyl (C=O) groups excluding carboxylic acids is 1. The van der Waals surface area contributed by atoms with Crippen LogP contribution >= 0.6 is 0 Å². The summed E-state index contributed by atoms with van der Waals surface area (Å²) in [4.78, 5) is 31.7. The van der Waals surface area contributed by atoms with Crippen LogP contribution in [0.4, 0.5) is 14.6 Å². The molecule has 1 aromatic carbocycles. The first-order chi connectivity index (χ1) is 14.5. The number of fused-ring (bicyclic) bond motifs is 1. The number of hydrogen-bond donors (Lipinski definition) is 1. The summed E-state index contributed by atoms with van der Waals surface area (Å²) in [7, 11) is 0. The first kappa shape index (κ1) is 19.2. The fourth-order valence-electron chi connectivity index (χ4n) is 4.41.